The number of anilines is 1. The van der Waals surface area contributed by atoms with Crippen LogP contribution in [0.25, 0.3) is 0 Å². The van der Waals surface area contributed by atoms with Crippen LogP contribution in [-0.4, -0.2) is 54.6 Å². The summed E-state index contributed by atoms with van der Waals surface area (Å²) in [6, 6.07) is 4.72. The van der Waals surface area contributed by atoms with Crippen LogP contribution in [-0.2, 0) is 14.3 Å². The van der Waals surface area contributed by atoms with Crippen molar-refractivity contribution < 1.29 is 23.9 Å². The molecule has 0 saturated carbocycles. The first-order valence-electron chi connectivity index (χ1n) is 10.5. The Hall–Kier alpha value is -3.40. The van der Waals surface area contributed by atoms with Gasteiger partial charge in [0.2, 0.25) is 11.9 Å². The van der Waals surface area contributed by atoms with E-state index in [9.17, 15) is 14.4 Å². The van der Waals surface area contributed by atoms with Gasteiger partial charge in [-0.1, -0.05) is 20.8 Å². The van der Waals surface area contributed by atoms with E-state index in [1.165, 1.54) is 13.2 Å². The summed E-state index contributed by atoms with van der Waals surface area (Å²) < 4.78 is 10.6. The fourth-order valence-electron chi connectivity index (χ4n) is 2.80. The first-order chi connectivity index (χ1) is 15.3. The van der Waals surface area contributed by atoms with Crippen molar-refractivity contribution in [3.05, 3.63) is 36.0 Å². The molecule has 0 aromatic heterocycles. The molecule has 0 radical (unpaired) electrons. The third kappa shape index (κ3) is 7.90. The minimum absolute atomic E-state index is 0.120. The van der Waals surface area contributed by atoms with Gasteiger partial charge >= 0.3 is 5.97 Å². The molecule has 1 aliphatic rings. The zero-order valence-electron chi connectivity index (χ0n) is 20.0. The summed E-state index contributed by atoms with van der Waals surface area (Å²) in [5.74, 6) is -0.577. The normalized spacial score (nSPS) is 13.8. The predicted octanol–water partition coefficient (Wildman–Crippen LogP) is 2.22. The van der Waals surface area contributed by atoms with E-state index in [0.717, 1.165) is 0 Å². The SMILES string of the molecule is COc1cc(C(=O)NC2=NC=CCN2COC(=O)C(C)(C)N)ccc1NC(=O)CC(C)(C)C. The van der Waals surface area contributed by atoms with Crippen LogP contribution in [0, 0.1) is 5.41 Å². The van der Waals surface area contributed by atoms with Crippen molar-refractivity contribution in [1.82, 2.24) is 10.2 Å². The Balaban J connectivity index is 2.08. The number of benzene rings is 1. The molecule has 0 aliphatic carbocycles. The number of ether oxygens (including phenoxy) is 2. The number of aliphatic imine (C=N–C) groups is 1. The Kier molecular flexibility index (Phi) is 8.21. The number of nitrogens with one attached hydrogen (secondary N) is 2. The molecule has 0 unspecified atom stereocenters. The van der Waals surface area contributed by atoms with E-state index < -0.39 is 17.4 Å². The van der Waals surface area contributed by atoms with Gasteiger partial charge in [-0.05, 0) is 43.5 Å². The second-order valence-corrected chi connectivity index (χ2v) is 9.50. The maximum atomic E-state index is 12.8. The minimum Gasteiger partial charge on any atom is -0.495 e. The van der Waals surface area contributed by atoms with Crippen LogP contribution in [0.5, 0.6) is 5.75 Å². The highest BCUT2D eigenvalue weighted by molar-refractivity contribution is 6.06. The number of nitrogens with zero attached hydrogens (tertiary/aromatic N) is 2. The highest BCUT2D eigenvalue weighted by Crippen LogP contribution is 2.27. The van der Waals surface area contributed by atoms with Gasteiger partial charge in [-0.15, -0.1) is 0 Å². The first kappa shape index (κ1) is 25.9. The summed E-state index contributed by atoms with van der Waals surface area (Å²) in [6.45, 7) is 9.28. The molecular weight excluding hydrogens is 426 g/mol. The third-order valence-electron chi connectivity index (χ3n) is 4.46. The molecule has 1 aliphatic heterocycles. The lowest BCUT2D eigenvalue weighted by Gasteiger charge is -2.27. The molecule has 0 fully saturated rings. The van der Waals surface area contributed by atoms with E-state index in [0.29, 0.717) is 30.0 Å². The number of rotatable bonds is 7. The highest BCUT2D eigenvalue weighted by atomic mass is 16.5. The molecule has 0 saturated heterocycles. The summed E-state index contributed by atoms with van der Waals surface area (Å²) in [5, 5.41) is 5.53. The number of nitrogens with two attached hydrogens (primary N) is 1. The summed E-state index contributed by atoms with van der Waals surface area (Å²) >= 11 is 0. The van der Waals surface area contributed by atoms with Gasteiger partial charge in [-0.25, -0.2) is 4.99 Å². The van der Waals surface area contributed by atoms with E-state index in [-0.39, 0.29) is 24.0 Å². The second-order valence-electron chi connectivity index (χ2n) is 9.50. The molecule has 4 N–H and O–H groups in total. The molecule has 33 heavy (non-hydrogen) atoms. The molecule has 0 atom stereocenters. The van der Waals surface area contributed by atoms with Crippen molar-refractivity contribution in [2.24, 2.45) is 16.1 Å². The molecule has 0 bridgehead atoms. The Morgan fingerprint density at radius 2 is 1.85 bits per heavy atom. The smallest absolute Gasteiger partial charge is 0.327 e. The zero-order chi connectivity index (χ0) is 24.8. The van der Waals surface area contributed by atoms with E-state index >= 15 is 0 Å². The lowest BCUT2D eigenvalue weighted by atomic mass is 9.92. The van der Waals surface area contributed by atoms with Crippen LogP contribution in [0.1, 0.15) is 51.4 Å². The van der Waals surface area contributed by atoms with Crippen molar-refractivity contribution in [2.75, 3.05) is 25.7 Å². The first-order valence-corrected chi connectivity index (χ1v) is 10.5. The molecule has 1 aromatic rings. The molecule has 10 nitrogen and oxygen atoms in total. The van der Waals surface area contributed by atoms with Crippen molar-refractivity contribution >= 4 is 29.4 Å². The van der Waals surface area contributed by atoms with Crippen molar-refractivity contribution in [2.45, 2.75) is 46.6 Å². The summed E-state index contributed by atoms with van der Waals surface area (Å²) in [5.41, 5.74) is 5.22. The molecule has 180 valence electrons. The standard InChI is InChI=1S/C23H33N5O5/c1-22(2,3)13-18(29)26-16-9-8-15(12-17(16)32-6)19(30)27-21-25-10-7-11-28(21)14-33-20(31)23(4,5)24/h7-10,12H,11,13-14,24H2,1-6H3,(H,26,29)(H,25,27,30). The molecule has 2 amide bonds. The molecular formula is C23H33N5O5. The predicted molar refractivity (Wildman–Crippen MR) is 126 cm³/mol. The average Bonchev–Trinajstić information content (AvgIpc) is 2.70. The largest absolute Gasteiger partial charge is 0.495 e. The Morgan fingerprint density at radius 3 is 2.45 bits per heavy atom. The lowest BCUT2D eigenvalue weighted by Crippen LogP contribution is -2.49. The summed E-state index contributed by atoms with van der Waals surface area (Å²) in [7, 11) is 1.46. The zero-order valence-corrected chi connectivity index (χ0v) is 20.0. The summed E-state index contributed by atoms with van der Waals surface area (Å²) in [4.78, 5) is 42.8. The number of methoxy groups -OCH3 is 1. The van der Waals surface area contributed by atoms with Gasteiger partial charge in [-0.3, -0.25) is 19.7 Å². The molecule has 1 heterocycles. The third-order valence-corrected chi connectivity index (χ3v) is 4.46. The second kappa shape index (κ2) is 10.5. The maximum absolute atomic E-state index is 12.8. The van der Waals surface area contributed by atoms with Gasteiger partial charge in [0.15, 0.2) is 6.73 Å². The molecule has 0 spiro atoms. The van der Waals surface area contributed by atoms with Gasteiger partial charge in [0.05, 0.1) is 12.8 Å². The van der Waals surface area contributed by atoms with Gasteiger partial charge in [0.25, 0.3) is 5.91 Å². The fourth-order valence-corrected chi connectivity index (χ4v) is 2.80. The number of guanidine groups is 1. The van der Waals surface area contributed by atoms with Gasteiger partial charge in [-0.2, -0.15) is 0 Å². The number of hydrogen-bond donors (Lipinski definition) is 3. The van der Waals surface area contributed by atoms with Crippen LogP contribution in [0.3, 0.4) is 0 Å². The van der Waals surface area contributed by atoms with Crippen LogP contribution in [0.15, 0.2) is 35.5 Å². The Morgan fingerprint density at radius 1 is 1.15 bits per heavy atom. The maximum Gasteiger partial charge on any atom is 0.327 e. The number of carbonyl (C=O) groups excluding carboxylic acids is 3. The summed E-state index contributed by atoms with van der Waals surface area (Å²) in [6.07, 6.45) is 3.65. The van der Waals surface area contributed by atoms with Crippen LogP contribution in [0.4, 0.5) is 5.69 Å². The van der Waals surface area contributed by atoms with Gasteiger partial charge < -0.3 is 25.4 Å². The van der Waals surface area contributed by atoms with Crippen LogP contribution in [0.2, 0.25) is 0 Å². The topological polar surface area (TPSA) is 135 Å². The highest BCUT2D eigenvalue weighted by Gasteiger charge is 2.26. The molecule has 1 aromatic carbocycles. The van der Waals surface area contributed by atoms with E-state index in [1.54, 1.807) is 43.2 Å². The average molecular weight is 460 g/mol. The quantitative estimate of drug-likeness (QED) is 0.532. The molecule has 10 heteroatoms. The minimum atomic E-state index is -1.13. The van der Waals surface area contributed by atoms with Crippen molar-refractivity contribution in [1.29, 1.82) is 0 Å². The number of carbonyl (C=O) groups is 3. The van der Waals surface area contributed by atoms with Crippen molar-refractivity contribution in [3.63, 3.8) is 0 Å². The van der Waals surface area contributed by atoms with Gasteiger partial charge in [0, 0.05) is 24.7 Å². The van der Waals surface area contributed by atoms with E-state index in [2.05, 4.69) is 15.6 Å². The number of amides is 2. The molecule has 2 rings (SSSR count). The monoisotopic (exact) mass is 459 g/mol. The number of hydrogen-bond acceptors (Lipinski definition) is 8. The Labute approximate surface area is 194 Å². The van der Waals surface area contributed by atoms with E-state index in [1.807, 2.05) is 20.8 Å². The van der Waals surface area contributed by atoms with Crippen molar-refractivity contribution in [3.8, 4) is 5.75 Å². The number of esters is 1. The van der Waals surface area contributed by atoms with Crippen LogP contribution >= 0.6 is 0 Å². The fraction of sp³-hybridized carbons (Fsp3) is 0.478. The van der Waals surface area contributed by atoms with Gasteiger partial charge in [0.1, 0.15) is 11.3 Å². The lowest BCUT2D eigenvalue weighted by molar-refractivity contribution is -0.151. The van der Waals surface area contributed by atoms with Crippen LogP contribution < -0.4 is 21.1 Å². The van der Waals surface area contributed by atoms with E-state index in [4.69, 9.17) is 15.2 Å². The Bertz CT molecular complexity index is 957.